The van der Waals surface area contributed by atoms with Gasteiger partial charge in [0.1, 0.15) is 0 Å². The lowest BCUT2D eigenvalue weighted by molar-refractivity contribution is 0.259. The lowest BCUT2D eigenvalue weighted by atomic mass is 10.2. The fraction of sp³-hybridized carbons (Fsp3) is 0.0588. The molecule has 2 heterocycles. The first kappa shape index (κ1) is 15.4. The number of urea groups is 1. The molecule has 0 radical (unpaired) electrons. The van der Waals surface area contributed by atoms with Gasteiger partial charge in [0.25, 0.3) is 0 Å². The van der Waals surface area contributed by atoms with Crippen LogP contribution in [0.2, 0.25) is 0 Å². The number of rotatable bonds is 5. The van der Waals surface area contributed by atoms with Gasteiger partial charge in [0.2, 0.25) is 0 Å². The summed E-state index contributed by atoms with van der Waals surface area (Å²) in [4.78, 5) is 23.6. The summed E-state index contributed by atoms with van der Waals surface area (Å²) >= 11 is 0. The molecule has 0 fully saturated rings. The number of nitrogens with one attached hydrogen (secondary N) is 2. The molecule has 0 unspecified atom stereocenters. The SMILES string of the molecule is NC(=O)Nc1cccc(CNc2cncc(-c3ncccn3)c2)c1. The highest BCUT2D eigenvalue weighted by Gasteiger charge is 2.03. The van der Waals surface area contributed by atoms with Gasteiger partial charge < -0.3 is 16.4 Å². The highest BCUT2D eigenvalue weighted by Crippen LogP contribution is 2.18. The number of nitrogens with two attached hydrogens (primary N) is 1. The van der Waals surface area contributed by atoms with E-state index in [-0.39, 0.29) is 0 Å². The van der Waals surface area contributed by atoms with E-state index in [0.29, 0.717) is 18.1 Å². The van der Waals surface area contributed by atoms with Crippen LogP contribution in [0.3, 0.4) is 0 Å². The van der Waals surface area contributed by atoms with Gasteiger partial charge in [0.05, 0.1) is 5.69 Å². The first-order valence-corrected chi connectivity index (χ1v) is 7.32. The third-order valence-corrected chi connectivity index (χ3v) is 3.25. The predicted molar refractivity (Wildman–Crippen MR) is 92.2 cm³/mol. The van der Waals surface area contributed by atoms with Crippen molar-refractivity contribution >= 4 is 17.4 Å². The van der Waals surface area contributed by atoms with E-state index < -0.39 is 6.03 Å². The van der Waals surface area contributed by atoms with Crippen LogP contribution in [0.1, 0.15) is 5.56 Å². The van der Waals surface area contributed by atoms with Crippen molar-refractivity contribution in [3.8, 4) is 11.4 Å². The van der Waals surface area contributed by atoms with E-state index in [1.54, 1.807) is 36.9 Å². The molecular weight excluding hydrogens is 304 g/mol. The van der Waals surface area contributed by atoms with Gasteiger partial charge >= 0.3 is 6.03 Å². The lowest BCUT2D eigenvalue weighted by Crippen LogP contribution is -2.19. The van der Waals surface area contributed by atoms with Crippen LogP contribution in [0, 0.1) is 0 Å². The minimum absolute atomic E-state index is 0.578. The van der Waals surface area contributed by atoms with Crippen LogP contribution >= 0.6 is 0 Å². The number of primary amides is 1. The van der Waals surface area contributed by atoms with Crippen molar-refractivity contribution < 1.29 is 4.79 Å². The fourth-order valence-corrected chi connectivity index (χ4v) is 2.21. The van der Waals surface area contributed by atoms with Crippen molar-refractivity contribution in [1.29, 1.82) is 0 Å². The molecular formula is C17H16N6O. The second-order valence-corrected chi connectivity index (χ2v) is 5.08. The summed E-state index contributed by atoms with van der Waals surface area (Å²) in [6.07, 6.45) is 6.84. The Labute approximate surface area is 139 Å². The molecule has 0 bridgehead atoms. The summed E-state index contributed by atoms with van der Waals surface area (Å²) in [5, 5.41) is 5.85. The molecule has 1 aromatic carbocycles. The summed E-state index contributed by atoms with van der Waals surface area (Å²) in [7, 11) is 0. The van der Waals surface area contributed by atoms with Crippen LogP contribution in [0.15, 0.2) is 61.2 Å². The number of aromatic nitrogens is 3. The highest BCUT2D eigenvalue weighted by atomic mass is 16.2. The molecule has 120 valence electrons. The van der Waals surface area contributed by atoms with Crippen LogP contribution < -0.4 is 16.4 Å². The van der Waals surface area contributed by atoms with E-state index in [2.05, 4.69) is 25.6 Å². The number of hydrogen-bond donors (Lipinski definition) is 3. The third kappa shape index (κ3) is 4.04. The molecule has 0 spiro atoms. The molecule has 0 saturated carbocycles. The quantitative estimate of drug-likeness (QED) is 0.670. The van der Waals surface area contributed by atoms with E-state index >= 15 is 0 Å². The zero-order chi connectivity index (χ0) is 16.8. The Hall–Kier alpha value is -3.48. The van der Waals surface area contributed by atoms with Gasteiger partial charge in [-0.05, 0) is 29.8 Å². The van der Waals surface area contributed by atoms with E-state index in [1.807, 2.05) is 24.3 Å². The zero-order valence-corrected chi connectivity index (χ0v) is 12.8. The Morgan fingerprint density at radius 3 is 2.67 bits per heavy atom. The van der Waals surface area contributed by atoms with Gasteiger partial charge in [-0.15, -0.1) is 0 Å². The average molecular weight is 320 g/mol. The van der Waals surface area contributed by atoms with Crippen molar-refractivity contribution in [3.05, 3.63) is 66.7 Å². The topological polar surface area (TPSA) is 106 Å². The minimum atomic E-state index is -0.583. The number of benzene rings is 1. The molecule has 0 saturated heterocycles. The van der Waals surface area contributed by atoms with Crippen LogP contribution in [0.25, 0.3) is 11.4 Å². The van der Waals surface area contributed by atoms with E-state index in [4.69, 9.17) is 5.73 Å². The third-order valence-electron chi connectivity index (χ3n) is 3.25. The first-order chi connectivity index (χ1) is 11.7. The highest BCUT2D eigenvalue weighted by molar-refractivity contribution is 5.87. The summed E-state index contributed by atoms with van der Waals surface area (Å²) in [5.74, 6) is 0.626. The largest absolute Gasteiger partial charge is 0.380 e. The normalized spacial score (nSPS) is 10.2. The van der Waals surface area contributed by atoms with Crippen LogP contribution in [0.5, 0.6) is 0 Å². The first-order valence-electron chi connectivity index (χ1n) is 7.32. The fourth-order valence-electron chi connectivity index (χ4n) is 2.21. The number of hydrogen-bond acceptors (Lipinski definition) is 5. The number of carbonyl (C=O) groups excluding carboxylic acids is 1. The monoisotopic (exact) mass is 320 g/mol. The Morgan fingerprint density at radius 1 is 1.04 bits per heavy atom. The number of anilines is 2. The molecule has 24 heavy (non-hydrogen) atoms. The molecule has 3 aromatic rings. The smallest absolute Gasteiger partial charge is 0.316 e. The second-order valence-electron chi connectivity index (χ2n) is 5.08. The van der Waals surface area contributed by atoms with Gasteiger partial charge in [-0.3, -0.25) is 4.98 Å². The van der Waals surface area contributed by atoms with Crippen molar-refractivity contribution in [2.45, 2.75) is 6.54 Å². The summed E-state index contributed by atoms with van der Waals surface area (Å²) in [5.41, 5.74) is 8.48. The molecule has 0 atom stereocenters. The lowest BCUT2D eigenvalue weighted by Gasteiger charge is -2.09. The van der Waals surface area contributed by atoms with Crippen molar-refractivity contribution in [2.75, 3.05) is 10.6 Å². The molecule has 2 aromatic heterocycles. The maximum Gasteiger partial charge on any atom is 0.316 e. The molecule has 3 rings (SSSR count). The number of amides is 2. The summed E-state index contributed by atoms with van der Waals surface area (Å²) < 4.78 is 0. The predicted octanol–water partition coefficient (Wildman–Crippen LogP) is 2.64. The molecule has 0 aliphatic rings. The van der Waals surface area contributed by atoms with Crippen molar-refractivity contribution in [1.82, 2.24) is 15.0 Å². The maximum absolute atomic E-state index is 10.9. The second kappa shape index (κ2) is 7.19. The Bertz CT molecular complexity index is 837. The van der Waals surface area contributed by atoms with Crippen molar-refractivity contribution in [3.63, 3.8) is 0 Å². The number of carbonyl (C=O) groups is 1. The Balaban J connectivity index is 1.70. The van der Waals surface area contributed by atoms with E-state index in [1.165, 1.54) is 0 Å². The van der Waals surface area contributed by atoms with Gasteiger partial charge in [-0.25, -0.2) is 14.8 Å². The summed E-state index contributed by atoms with van der Waals surface area (Å²) in [6.45, 7) is 0.578. The van der Waals surface area contributed by atoms with Gasteiger partial charge in [0, 0.05) is 42.6 Å². The molecule has 0 aliphatic heterocycles. The van der Waals surface area contributed by atoms with E-state index in [9.17, 15) is 4.79 Å². The van der Waals surface area contributed by atoms with Gasteiger partial charge in [-0.1, -0.05) is 12.1 Å². The zero-order valence-electron chi connectivity index (χ0n) is 12.8. The Kier molecular flexibility index (Phi) is 4.62. The van der Waals surface area contributed by atoms with Crippen molar-refractivity contribution in [2.24, 2.45) is 5.73 Å². The number of nitrogens with zero attached hydrogens (tertiary/aromatic N) is 3. The van der Waals surface area contributed by atoms with Gasteiger partial charge in [0.15, 0.2) is 5.82 Å². The molecule has 7 heteroatoms. The standard InChI is InChI=1S/C17H16N6O/c18-17(24)23-14-4-1-3-12(7-14)9-22-15-8-13(10-19-11-15)16-20-5-2-6-21-16/h1-8,10-11,22H,9H2,(H3,18,23,24). The molecule has 4 N–H and O–H groups in total. The molecule has 7 nitrogen and oxygen atoms in total. The minimum Gasteiger partial charge on any atom is -0.380 e. The number of pyridine rings is 1. The van der Waals surface area contributed by atoms with Crippen LogP contribution in [-0.2, 0) is 6.54 Å². The van der Waals surface area contributed by atoms with Crippen LogP contribution in [-0.4, -0.2) is 21.0 Å². The summed E-state index contributed by atoms with van der Waals surface area (Å²) in [6, 6.07) is 10.6. The van der Waals surface area contributed by atoms with E-state index in [0.717, 1.165) is 16.8 Å². The molecule has 2 amide bonds. The average Bonchev–Trinajstić information content (AvgIpc) is 2.61. The van der Waals surface area contributed by atoms with Crippen LogP contribution in [0.4, 0.5) is 16.2 Å². The molecule has 0 aliphatic carbocycles. The maximum atomic E-state index is 10.9. The van der Waals surface area contributed by atoms with Gasteiger partial charge in [-0.2, -0.15) is 0 Å². The Morgan fingerprint density at radius 2 is 1.88 bits per heavy atom.